The van der Waals surface area contributed by atoms with Crippen LogP contribution in [-0.2, 0) is 0 Å². The van der Waals surface area contributed by atoms with Gasteiger partial charge in [-0.3, -0.25) is 0 Å². The van der Waals surface area contributed by atoms with E-state index in [0.717, 1.165) is 37.6 Å². The predicted molar refractivity (Wildman–Crippen MR) is 64.2 cm³/mol. The molecule has 0 bridgehead atoms. The second-order valence-electron chi connectivity index (χ2n) is 4.77. The molecule has 0 aromatic rings. The van der Waals surface area contributed by atoms with Crippen LogP contribution in [0.4, 0.5) is 0 Å². The van der Waals surface area contributed by atoms with E-state index >= 15 is 0 Å². The maximum absolute atomic E-state index is 5.86. The Morgan fingerprint density at radius 2 is 2.08 bits per heavy atom. The van der Waals surface area contributed by atoms with Crippen LogP contribution >= 0.6 is 20.2 Å². The minimum absolute atomic E-state index is 0.855. The Hall–Kier alpha value is 0.720. The summed E-state index contributed by atoms with van der Waals surface area (Å²) in [4.78, 5) is 0. The first-order valence-electron chi connectivity index (χ1n) is 5.44. The summed E-state index contributed by atoms with van der Waals surface area (Å²) in [5, 5.41) is 0. The fourth-order valence-electron chi connectivity index (χ4n) is 2.54. The molecular weight excluding hydrogens is 199 g/mol. The summed E-state index contributed by atoms with van der Waals surface area (Å²) in [6.07, 6.45) is 4.30. The zero-order valence-electron chi connectivity index (χ0n) is 9.02. The zero-order chi connectivity index (χ0) is 9.84. The molecule has 2 heteroatoms. The SMILES string of the molecule is CC1CCC(C(C)C)C(PCCl)C1. The number of hydrogen-bond donors (Lipinski definition) is 0. The van der Waals surface area contributed by atoms with Crippen molar-refractivity contribution < 1.29 is 0 Å². The molecule has 0 radical (unpaired) electrons. The third kappa shape index (κ3) is 3.40. The van der Waals surface area contributed by atoms with Crippen LogP contribution in [0.3, 0.4) is 0 Å². The number of halogens is 1. The van der Waals surface area contributed by atoms with Crippen molar-refractivity contribution in [2.45, 2.75) is 45.7 Å². The topological polar surface area (TPSA) is 0 Å². The maximum Gasteiger partial charge on any atom is 0.0397 e. The van der Waals surface area contributed by atoms with Gasteiger partial charge < -0.3 is 0 Å². The van der Waals surface area contributed by atoms with Crippen LogP contribution in [0, 0.1) is 17.8 Å². The minimum Gasteiger partial charge on any atom is -0.122 e. The quantitative estimate of drug-likeness (QED) is 0.491. The molecule has 1 aliphatic carbocycles. The molecule has 0 spiro atoms. The van der Waals surface area contributed by atoms with Gasteiger partial charge in [0.05, 0.1) is 0 Å². The Bertz CT molecular complexity index is 147. The lowest BCUT2D eigenvalue weighted by Gasteiger charge is -2.37. The van der Waals surface area contributed by atoms with Crippen molar-refractivity contribution in [2.75, 3.05) is 5.62 Å². The molecular formula is C11H22ClP. The lowest BCUT2D eigenvalue weighted by molar-refractivity contribution is 0.242. The van der Waals surface area contributed by atoms with Crippen molar-refractivity contribution in [1.29, 1.82) is 0 Å². The smallest absolute Gasteiger partial charge is 0.0397 e. The van der Waals surface area contributed by atoms with Gasteiger partial charge in [0.2, 0.25) is 0 Å². The number of alkyl halides is 1. The van der Waals surface area contributed by atoms with E-state index in [2.05, 4.69) is 20.8 Å². The van der Waals surface area contributed by atoms with Gasteiger partial charge in [-0.05, 0) is 36.3 Å². The highest BCUT2D eigenvalue weighted by atomic mass is 35.5. The van der Waals surface area contributed by atoms with E-state index in [4.69, 9.17) is 11.6 Å². The van der Waals surface area contributed by atoms with Gasteiger partial charge in [-0.25, -0.2) is 0 Å². The van der Waals surface area contributed by atoms with Gasteiger partial charge in [0.1, 0.15) is 0 Å². The van der Waals surface area contributed by atoms with Crippen LogP contribution in [-0.4, -0.2) is 11.3 Å². The zero-order valence-corrected chi connectivity index (χ0v) is 10.8. The molecule has 0 heterocycles. The second kappa shape index (κ2) is 5.56. The van der Waals surface area contributed by atoms with Gasteiger partial charge in [-0.15, -0.1) is 20.2 Å². The Labute approximate surface area is 89.6 Å². The van der Waals surface area contributed by atoms with Crippen molar-refractivity contribution in [1.82, 2.24) is 0 Å². The van der Waals surface area contributed by atoms with Crippen LogP contribution in [0.15, 0.2) is 0 Å². The van der Waals surface area contributed by atoms with Gasteiger partial charge in [-0.1, -0.05) is 27.2 Å². The highest BCUT2D eigenvalue weighted by molar-refractivity contribution is 7.41. The number of hydrogen-bond acceptors (Lipinski definition) is 0. The van der Waals surface area contributed by atoms with Crippen molar-refractivity contribution >= 4 is 20.2 Å². The molecule has 1 aliphatic rings. The van der Waals surface area contributed by atoms with E-state index < -0.39 is 0 Å². The average molecular weight is 221 g/mol. The molecule has 0 nitrogen and oxygen atoms in total. The first kappa shape index (κ1) is 11.8. The Balaban J connectivity index is 2.50. The van der Waals surface area contributed by atoms with E-state index in [-0.39, 0.29) is 0 Å². The van der Waals surface area contributed by atoms with Gasteiger partial charge >= 0.3 is 0 Å². The Kier molecular flexibility index (Phi) is 5.05. The third-order valence-corrected chi connectivity index (χ3v) is 5.17. The summed E-state index contributed by atoms with van der Waals surface area (Å²) in [5.41, 5.74) is 1.81. The standard InChI is InChI=1S/C11H22ClP/c1-8(2)10-5-4-9(3)6-11(10)13-7-12/h8-11,13H,4-7H2,1-3H3. The number of rotatable bonds is 3. The molecule has 4 unspecified atom stereocenters. The summed E-state index contributed by atoms with van der Waals surface area (Å²) < 4.78 is 0. The first-order valence-corrected chi connectivity index (χ1v) is 7.26. The van der Waals surface area contributed by atoms with Crippen molar-refractivity contribution in [3.63, 3.8) is 0 Å². The van der Waals surface area contributed by atoms with E-state index in [1.165, 1.54) is 19.3 Å². The van der Waals surface area contributed by atoms with Crippen LogP contribution in [0.25, 0.3) is 0 Å². The molecule has 0 saturated heterocycles. The first-order chi connectivity index (χ1) is 6.15. The van der Waals surface area contributed by atoms with Crippen LogP contribution in [0.2, 0.25) is 0 Å². The monoisotopic (exact) mass is 220 g/mol. The average Bonchev–Trinajstić information content (AvgIpc) is 2.04. The largest absolute Gasteiger partial charge is 0.122 e. The molecule has 13 heavy (non-hydrogen) atoms. The van der Waals surface area contributed by atoms with Crippen molar-refractivity contribution in [3.8, 4) is 0 Å². The van der Waals surface area contributed by atoms with E-state index in [9.17, 15) is 0 Å². The highest BCUT2D eigenvalue weighted by Gasteiger charge is 2.29. The maximum atomic E-state index is 5.86. The van der Waals surface area contributed by atoms with Gasteiger partial charge in [0.25, 0.3) is 0 Å². The molecule has 1 saturated carbocycles. The highest BCUT2D eigenvalue weighted by Crippen LogP contribution is 2.43. The molecule has 0 aromatic carbocycles. The molecule has 4 atom stereocenters. The molecule has 1 rings (SSSR count). The Morgan fingerprint density at radius 3 is 2.62 bits per heavy atom. The van der Waals surface area contributed by atoms with E-state index in [0.29, 0.717) is 0 Å². The van der Waals surface area contributed by atoms with Gasteiger partial charge in [0.15, 0.2) is 0 Å². The summed E-state index contributed by atoms with van der Waals surface area (Å²) >= 11 is 5.86. The van der Waals surface area contributed by atoms with Crippen molar-refractivity contribution in [3.05, 3.63) is 0 Å². The lowest BCUT2D eigenvalue weighted by Crippen LogP contribution is -2.29. The normalized spacial score (nSPS) is 36.2. The van der Waals surface area contributed by atoms with Crippen LogP contribution < -0.4 is 0 Å². The van der Waals surface area contributed by atoms with Gasteiger partial charge in [0, 0.05) is 5.62 Å². The molecule has 0 aliphatic heterocycles. The summed E-state index contributed by atoms with van der Waals surface area (Å²) in [6, 6.07) is 0. The lowest BCUT2D eigenvalue weighted by atomic mass is 9.77. The third-order valence-electron chi connectivity index (χ3n) is 3.36. The summed E-state index contributed by atoms with van der Waals surface area (Å²) in [7, 11) is 0.989. The fraction of sp³-hybridized carbons (Fsp3) is 1.00. The molecule has 0 N–H and O–H groups in total. The van der Waals surface area contributed by atoms with Crippen LogP contribution in [0.5, 0.6) is 0 Å². The van der Waals surface area contributed by atoms with E-state index in [1.807, 2.05) is 0 Å². The molecule has 1 fully saturated rings. The van der Waals surface area contributed by atoms with E-state index in [1.54, 1.807) is 0 Å². The summed E-state index contributed by atoms with van der Waals surface area (Å²) in [5.74, 6) is 2.75. The van der Waals surface area contributed by atoms with Crippen LogP contribution in [0.1, 0.15) is 40.0 Å². The minimum atomic E-state index is 0.855. The van der Waals surface area contributed by atoms with Gasteiger partial charge in [-0.2, -0.15) is 0 Å². The fourth-order valence-corrected chi connectivity index (χ4v) is 4.75. The molecule has 78 valence electrons. The van der Waals surface area contributed by atoms with Crippen molar-refractivity contribution in [2.24, 2.45) is 17.8 Å². The summed E-state index contributed by atoms with van der Waals surface area (Å²) in [6.45, 7) is 7.13. The second-order valence-corrected chi connectivity index (χ2v) is 6.99. The predicted octanol–water partition coefficient (Wildman–Crippen LogP) is 4.32. The molecule has 0 amide bonds. The Morgan fingerprint density at radius 1 is 1.38 bits per heavy atom. The molecule has 0 aromatic heterocycles.